The van der Waals surface area contributed by atoms with Crippen LogP contribution in [-0.4, -0.2) is 14.8 Å². The number of halogens is 1. The van der Waals surface area contributed by atoms with Crippen molar-refractivity contribution in [2.75, 3.05) is 0 Å². The molecule has 3 rings (SSSR count). The summed E-state index contributed by atoms with van der Waals surface area (Å²) in [4.78, 5) is 0.0650. The third kappa shape index (κ3) is 3.85. The summed E-state index contributed by atoms with van der Waals surface area (Å²) in [5.74, 6) is 0. The fraction of sp³-hybridized carbons (Fsp3) is 0. The van der Waals surface area contributed by atoms with E-state index >= 15 is 0 Å². The molecule has 4 nitrogen and oxygen atoms in total. The lowest BCUT2D eigenvalue weighted by Gasteiger charge is -2.01. The number of para-hydroxylation sites is 1. The van der Waals surface area contributed by atoms with Gasteiger partial charge < -0.3 is 5.73 Å². The van der Waals surface area contributed by atoms with E-state index in [0.29, 0.717) is 0 Å². The van der Waals surface area contributed by atoms with E-state index in [1.54, 1.807) is 10.8 Å². The Morgan fingerprint density at radius 3 is 2.60 bits per heavy atom. The van der Waals surface area contributed by atoms with Crippen LogP contribution in [0.5, 0.6) is 0 Å². The van der Waals surface area contributed by atoms with E-state index < -0.39 is 0 Å². The molecule has 122 valence electrons. The van der Waals surface area contributed by atoms with Crippen LogP contribution in [0.2, 0.25) is 0 Å². The van der Waals surface area contributed by atoms with Crippen molar-refractivity contribution < 1.29 is 0 Å². The quantitative estimate of drug-likeness (QED) is 0.392. The van der Waals surface area contributed by atoms with E-state index in [1.165, 1.54) is 0 Å². The number of benzene rings is 2. The van der Waals surface area contributed by atoms with Crippen LogP contribution < -0.4 is 5.73 Å². The Morgan fingerprint density at radius 2 is 1.96 bits per heavy atom. The predicted molar refractivity (Wildman–Crippen MR) is 107 cm³/mol. The second-order valence-corrected chi connectivity index (χ2v) is 6.61. The predicted octanol–water partition coefficient (Wildman–Crippen LogP) is 4.49. The highest BCUT2D eigenvalue weighted by molar-refractivity contribution is 9.10. The molecule has 0 bridgehead atoms. The summed E-state index contributed by atoms with van der Waals surface area (Å²) in [6.45, 7) is 0. The first-order valence-electron chi connectivity index (χ1n) is 7.41. The Bertz CT molecular complexity index is 1000. The number of nitriles is 1. The largest absolute Gasteiger partial charge is 0.389 e. The lowest BCUT2D eigenvalue weighted by atomic mass is 10.1. The number of rotatable bonds is 4. The second-order valence-electron chi connectivity index (χ2n) is 5.26. The Balaban J connectivity index is 2.20. The molecular formula is C19H13BrN4S. The molecule has 0 radical (unpaired) electrons. The van der Waals surface area contributed by atoms with Crippen LogP contribution in [-0.2, 0) is 0 Å². The highest BCUT2D eigenvalue weighted by Gasteiger charge is 2.13. The molecule has 0 saturated heterocycles. The lowest BCUT2D eigenvalue weighted by molar-refractivity contribution is 0.884. The minimum Gasteiger partial charge on any atom is -0.389 e. The summed E-state index contributed by atoms with van der Waals surface area (Å²) in [5.41, 5.74) is 9.24. The molecule has 0 aliphatic heterocycles. The molecule has 0 atom stereocenters. The van der Waals surface area contributed by atoms with Crippen molar-refractivity contribution >= 4 is 39.2 Å². The smallest absolute Gasteiger partial charge is 0.114 e. The van der Waals surface area contributed by atoms with Gasteiger partial charge in [0.1, 0.15) is 16.8 Å². The molecule has 0 amide bonds. The van der Waals surface area contributed by atoms with Crippen molar-refractivity contribution in [2.24, 2.45) is 5.73 Å². The summed E-state index contributed by atoms with van der Waals surface area (Å²) in [7, 11) is 0. The van der Waals surface area contributed by atoms with Gasteiger partial charge >= 0.3 is 0 Å². The van der Waals surface area contributed by atoms with E-state index in [-0.39, 0.29) is 10.6 Å². The number of aromatic nitrogens is 2. The van der Waals surface area contributed by atoms with Crippen molar-refractivity contribution in [3.63, 3.8) is 0 Å². The van der Waals surface area contributed by atoms with E-state index in [0.717, 1.165) is 27.0 Å². The zero-order valence-corrected chi connectivity index (χ0v) is 15.5. The standard InChI is InChI=1S/C19H13BrN4S/c20-16-6-4-5-13(10-16)18-15(9-14(11-21)19(22)25)12-24(23-18)17-7-2-1-3-8-17/h1-10,12H,(H2,22,25)/b14-9-. The molecule has 6 heteroatoms. The monoisotopic (exact) mass is 408 g/mol. The molecule has 2 N–H and O–H groups in total. The van der Waals surface area contributed by atoms with Crippen LogP contribution in [0, 0.1) is 11.3 Å². The third-order valence-electron chi connectivity index (χ3n) is 3.55. The van der Waals surface area contributed by atoms with Gasteiger partial charge in [0.25, 0.3) is 0 Å². The van der Waals surface area contributed by atoms with E-state index in [1.807, 2.05) is 66.9 Å². The Labute approximate surface area is 159 Å². The highest BCUT2D eigenvalue weighted by atomic mass is 79.9. The number of nitrogens with zero attached hydrogens (tertiary/aromatic N) is 3. The molecule has 0 saturated carbocycles. The van der Waals surface area contributed by atoms with Gasteiger partial charge in [0.05, 0.1) is 11.3 Å². The Kier molecular flexibility index (Phi) is 5.08. The minimum atomic E-state index is 0.0650. The van der Waals surface area contributed by atoms with E-state index in [4.69, 9.17) is 23.1 Å². The molecule has 1 aromatic heterocycles. The van der Waals surface area contributed by atoms with Crippen molar-refractivity contribution in [1.82, 2.24) is 9.78 Å². The number of hydrogen-bond acceptors (Lipinski definition) is 3. The lowest BCUT2D eigenvalue weighted by Crippen LogP contribution is -2.09. The molecule has 0 unspecified atom stereocenters. The van der Waals surface area contributed by atoms with Crippen LogP contribution in [0.1, 0.15) is 5.56 Å². The average Bonchev–Trinajstić information content (AvgIpc) is 3.04. The van der Waals surface area contributed by atoms with Crippen LogP contribution in [0.25, 0.3) is 23.0 Å². The topological polar surface area (TPSA) is 67.6 Å². The van der Waals surface area contributed by atoms with E-state index in [2.05, 4.69) is 15.9 Å². The fourth-order valence-electron chi connectivity index (χ4n) is 2.38. The van der Waals surface area contributed by atoms with Gasteiger partial charge in [0.2, 0.25) is 0 Å². The number of hydrogen-bond donors (Lipinski definition) is 1. The maximum absolute atomic E-state index is 9.27. The first kappa shape index (κ1) is 17.1. The van der Waals surface area contributed by atoms with Crippen molar-refractivity contribution in [3.8, 4) is 23.0 Å². The van der Waals surface area contributed by atoms with Gasteiger partial charge in [-0.05, 0) is 30.3 Å². The summed E-state index contributed by atoms with van der Waals surface area (Å²) >= 11 is 8.43. The highest BCUT2D eigenvalue weighted by Crippen LogP contribution is 2.27. The maximum atomic E-state index is 9.27. The van der Waals surface area contributed by atoms with Gasteiger partial charge in [-0.2, -0.15) is 10.4 Å². The summed E-state index contributed by atoms with van der Waals surface area (Å²) in [6, 6.07) is 19.6. The molecular weight excluding hydrogens is 396 g/mol. The normalized spacial score (nSPS) is 11.1. The van der Waals surface area contributed by atoms with Crippen molar-refractivity contribution in [1.29, 1.82) is 5.26 Å². The summed E-state index contributed by atoms with van der Waals surface area (Å²) in [5, 5.41) is 14.0. The first-order chi connectivity index (χ1) is 12.1. The zero-order valence-electron chi connectivity index (χ0n) is 13.1. The second kappa shape index (κ2) is 7.43. The van der Waals surface area contributed by atoms with Gasteiger partial charge in [0, 0.05) is 21.8 Å². The average molecular weight is 409 g/mol. The maximum Gasteiger partial charge on any atom is 0.114 e. The van der Waals surface area contributed by atoms with Crippen molar-refractivity contribution in [3.05, 3.63) is 76.4 Å². The zero-order chi connectivity index (χ0) is 17.8. The molecule has 2 aromatic carbocycles. The number of thiocarbonyl (C=S) groups is 1. The fourth-order valence-corrected chi connectivity index (χ4v) is 2.88. The molecule has 0 aliphatic carbocycles. The molecule has 1 heterocycles. The van der Waals surface area contributed by atoms with Gasteiger partial charge in [-0.15, -0.1) is 0 Å². The van der Waals surface area contributed by atoms with Gasteiger partial charge in [-0.1, -0.05) is 58.5 Å². The van der Waals surface area contributed by atoms with Crippen LogP contribution in [0.15, 0.2) is 70.8 Å². The van der Waals surface area contributed by atoms with Crippen LogP contribution >= 0.6 is 28.1 Å². The van der Waals surface area contributed by atoms with E-state index in [9.17, 15) is 5.26 Å². The summed E-state index contributed by atoms with van der Waals surface area (Å²) < 4.78 is 2.72. The first-order valence-corrected chi connectivity index (χ1v) is 8.61. The van der Waals surface area contributed by atoms with Crippen molar-refractivity contribution in [2.45, 2.75) is 0 Å². The molecule has 0 fully saturated rings. The SMILES string of the molecule is N#C/C(=C/c1cn(-c2ccccc2)nc1-c1cccc(Br)c1)C(N)=S. The van der Waals surface area contributed by atoms with Gasteiger partial charge in [-0.3, -0.25) is 0 Å². The van der Waals surface area contributed by atoms with Crippen LogP contribution in [0.3, 0.4) is 0 Å². The van der Waals surface area contributed by atoms with Crippen LogP contribution in [0.4, 0.5) is 0 Å². The molecule has 0 aliphatic rings. The Morgan fingerprint density at radius 1 is 1.20 bits per heavy atom. The molecule has 3 aromatic rings. The third-order valence-corrected chi connectivity index (χ3v) is 4.26. The van der Waals surface area contributed by atoms with Gasteiger partial charge in [-0.25, -0.2) is 4.68 Å². The Hall–Kier alpha value is -2.75. The number of nitrogens with two attached hydrogens (primary N) is 1. The molecule has 0 spiro atoms. The summed E-state index contributed by atoms with van der Waals surface area (Å²) in [6.07, 6.45) is 3.53. The molecule has 25 heavy (non-hydrogen) atoms. The van der Waals surface area contributed by atoms with Gasteiger partial charge in [0.15, 0.2) is 0 Å². The minimum absolute atomic E-state index is 0.0650.